The van der Waals surface area contributed by atoms with Gasteiger partial charge in [0.15, 0.2) is 0 Å². The average molecular weight is 563 g/mol. The first-order chi connectivity index (χ1) is 17.8. The fourth-order valence-corrected chi connectivity index (χ4v) is 6.49. The fraction of sp³-hybridized carbons (Fsp3) is 0.320. The lowest BCUT2D eigenvalue weighted by molar-refractivity contribution is -0.136. The van der Waals surface area contributed by atoms with Gasteiger partial charge in [0, 0.05) is 36.8 Å². The van der Waals surface area contributed by atoms with E-state index < -0.39 is 27.9 Å². The second kappa shape index (κ2) is 12.1. The molecule has 4 rings (SSSR count). The van der Waals surface area contributed by atoms with Gasteiger partial charge in [-0.2, -0.15) is 4.72 Å². The number of carbonyl (C=O) groups excluding carboxylic acids is 2. The zero-order valence-electron chi connectivity index (χ0n) is 20.1. The second-order valence-electron chi connectivity index (χ2n) is 8.31. The first-order valence-corrected chi connectivity index (χ1v) is 14.5. The number of sulfonamides is 1. The van der Waals surface area contributed by atoms with Gasteiger partial charge in [-0.05, 0) is 36.2 Å². The minimum atomic E-state index is -4.15. The Labute approximate surface area is 224 Å². The molecule has 2 aromatic heterocycles. The van der Waals surface area contributed by atoms with E-state index in [1.165, 1.54) is 28.4 Å². The van der Waals surface area contributed by atoms with Gasteiger partial charge in [0.05, 0.1) is 33.7 Å². The average Bonchev–Trinajstić information content (AvgIpc) is 3.37. The Balaban J connectivity index is 1.62. The van der Waals surface area contributed by atoms with Gasteiger partial charge in [0.25, 0.3) is 5.91 Å². The molecule has 2 N–H and O–H groups in total. The molecule has 0 aliphatic carbocycles. The Morgan fingerprint density at radius 3 is 2.62 bits per heavy atom. The summed E-state index contributed by atoms with van der Waals surface area (Å²) < 4.78 is 35.6. The van der Waals surface area contributed by atoms with E-state index in [0.717, 1.165) is 0 Å². The Hall–Kier alpha value is -2.83. The van der Waals surface area contributed by atoms with E-state index in [9.17, 15) is 18.0 Å². The van der Waals surface area contributed by atoms with Crippen LogP contribution in [0.3, 0.4) is 0 Å². The number of carbonyl (C=O) groups is 2. The standard InChI is InChI=1S/C25H27ClN4O5S2/c1-2-18-19(20-7-3-4-9-27-20)6-5-8-22(18)37(33,34)29-21(25(32)30-10-12-35-13-11-30)15-28-24(31)17-14-23(26)36-16-17/h3-9,14,16,21,29H,2,10-13,15H2,1H3,(H,28,31)/t21-/m0/s1. The number of nitrogens with zero attached hydrogens (tertiary/aromatic N) is 2. The van der Waals surface area contributed by atoms with Crippen molar-refractivity contribution in [2.24, 2.45) is 0 Å². The molecule has 0 unspecified atom stereocenters. The lowest BCUT2D eigenvalue weighted by atomic mass is 10.0. The second-order valence-corrected chi connectivity index (χ2v) is 11.5. The third-order valence-corrected chi connectivity index (χ3v) is 8.58. The highest BCUT2D eigenvalue weighted by Gasteiger charge is 2.32. The number of amides is 2. The van der Waals surface area contributed by atoms with Crippen molar-refractivity contribution in [3.05, 3.63) is 69.5 Å². The van der Waals surface area contributed by atoms with Crippen molar-refractivity contribution in [1.29, 1.82) is 0 Å². The molecule has 1 aliphatic heterocycles. The number of morpholine rings is 1. The van der Waals surface area contributed by atoms with Gasteiger partial charge in [-0.3, -0.25) is 14.6 Å². The molecule has 1 fully saturated rings. The highest BCUT2D eigenvalue weighted by molar-refractivity contribution is 7.89. The molecule has 37 heavy (non-hydrogen) atoms. The maximum Gasteiger partial charge on any atom is 0.252 e. The van der Waals surface area contributed by atoms with Gasteiger partial charge in [0.1, 0.15) is 6.04 Å². The van der Waals surface area contributed by atoms with Crippen LogP contribution in [0.15, 0.2) is 58.9 Å². The van der Waals surface area contributed by atoms with Crippen molar-refractivity contribution in [3.8, 4) is 11.3 Å². The number of ether oxygens (including phenoxy) is 1. The van der Waals surface area contributed by atoms with Crippen molar-refractivity contribution in [1.82, 2.24) is 19.9 Å². The number of halogens is 1. The molecule has 0 bridgehead atoms. The van der Waals surface area contributed by atoms with Crippen LogP contribution in [0.2, 0.25) is 4.34 Å². The zero-order chi connectivity index (χ0) is 26.4. The molecule has 0 radical (unpaired) electrons. The van der Waals surface area contributed by atoms with E-state index in [1.807, 2.05) is 25.1 Å². The summed E-state index contributed by atoms with van der Waals surface area (Å²) in [5.74, 6) is -0.886. The molecule has 1 aliphatic rings. The topological polar surface area (TPSA) is 118 Å². The molecule has 2 amide bonds. The quantitative estimate of drug-likeness (QED) is 0.414. The predicted molar refractivity (Wildman–Crippen MR) is 142 cm³/mol. The highest BCUT2D eigenvalue weighted by Crippen LogP contribution is 2.28. The maximum atomic E-state index is 13.7. The van der Waals surface area contributed by atoms with Gasteiger partial charge in [-0.25, -0.2) is 8.42 Å². The molecule has 196 valence electrons. The molecule has 1 atom stereocenters. The molecule has 1 saturated heterocycles. The Bertz CT molecular complexity index is 1360. The van der Waals surface area contributed by atoms with E-state index in [2.05, 4.69) is 15.0 Å². The summed E-state index contributed by atoms with van der Waals surface area (Å²) in [5, 5.41) is 4.26. The molecule has 3 heterocycles. The minimum Gasteiger partial charge on any atom is -0.378 e. The number of aromatic nitrogens is 1. The van der Waals surface area contributed by atoms with Crippen molar-refractivity contribution < 1.29 is 22.7 Å². The lowest BCUT2D eigenvalue weighted by Crippen LogP contribution is -2.55. The van der Waals surface area contributed by atoms with Crippen molar-refractivity contribution in [2.45, 2.75) is 24.3 Å². The first kappa shape index (κ1) is 27.2. The summed E-state index contributed by atoms with van der Waals surface area (Å²) >= 11 is 7.14. The SMILES string of the molecule is CCc1c(-c2ccccn2)cccc1S(=O)(=O)N[C@@H](CNC(=O)c1csc(Cl)c1)C(=O)N1CCOCC1. The number of hydrogen-bond acceptors (Lipinski definition) is 7. The van der Waals surface area contributed by atoms with Crippen LogP contribution in [0, 0.1) is 0 Å². The summed E-state index contributed by atoms with van der Waals surface area (Å²) in [4.78, 5) is 31.9. The largest absolute Gasteiger partial charge is 0.378 e. The molecule has 12 heteroatoms. The van der Waals surface area contributed by atoms with E-state index in [1.54, 1.807) is 23.7 Å². The summed E-state index contributed by atoms with van der Waals surface area (Å²) in [6.45, 7) is 3.02. The molecule has 3 aromatic rings. The van der Waals surface area contributed by atoms with Crippen LogP contribution >= 0.6 is 22.9 Å². The highest BCUT2D eigenvalue weighted by atomic mass is 35.5. The zero-order valence-corrected chi connectivity index (χ0v) is 22.5. The van der Waals surface area contributed by atoms with Crippen LogP contribution in [0.5, 0.6) is 0 Å². The van der Waals surface area contributed by atoms with Gasteiger partial charge in [-0.15, -0.1) is 11.3 Å². The molecular weight excluding hydrogens is 536 g/mol. The third-order valence-electron chi connectivity index (χ3n) is 5.93. The van der Waals surface area contributed by atoms with Gasteiger partial charge in [-0.1, -0.05) is 36.7 Å². The normalized spacial score (nSPS) is 14.8. The maximum absolute atomic E-state index is 13.7. The Morgan fingerprint density at radius 2 is 1.97 bits per heavy atom. The number of nitrogens with one attached hydrogen (secondary N) is 2. The van der Waals surface area contributed by atoms with E-state index in [0.29, 0.717) is 59.4 Å². The summed E-state index contributed by atoms with van der Waals surface area (Å²) in [7, 11) is -4.15. The number of hydrogen-bond donors (Lipinski definition) is 2. The minimum absolute atomic E-state index is 0.0638. The molecule has 0 saturated carbocycles. The van der Waals surface area contributed by atoms with Crippen LogP contribution in [0.1, 0.15) is 22.8 Å². The van der Waals surface area contributed by atoms with Gasteiger partial charge < -0.3 is 15.0 Å². The lowest BCUT2D eigenvalue weighted by Gasteiger charge is -2.31. The number of pyridine rings is 1. The third kappa shape index (κ3) is 6.55. The molecule has 0 spiro atoms. The monoisotopic (exact) mass is 562 g/mol. The van der Waals surface area contributed by atoms with Crippen molar-refractivity contribution in [3.63, 3.8) is 0 Å². The number of benzene rings is 1. The molecular formula is C25H27ClN4O5S2. The molecule has 1 aromatic carbocycles. The van der Waals surface area contributed by atoms with E-state index in [-0.39, 0.29) is 11.4 Å². The van der Waals surface area contributed by atoms with Crippen LogP contribution in [-0.2, 0) is 26.0 Å². The van der Waals surface area contributed by atoms with Crippen molar-refractivity contribution >= 4 is 44.8 Å². The Morgan fingerprint density at radius 1 is 1.19 bits per heavy atom. The smallest absolute Gasteiger partial charge is 0.252 e. The van der Waals surface area contributed by atoms with Crippen LogP contribution in [0.25, 0.3) is 11.3 Å². The number of rotatable bonds is 9. The van der Waals surface area contributed by atoms with Gasteiger partial charge in [0.2, 0.25) is 15.9 Å². The summed E-state index contributed by atoms with van der Waals surface area (Å²) in [5.41, 5.74) is 2.28. The van der Waals surface area contributed by atoms with E-state index in [4.69, 9.17) is 16.3 Å². The van der Waals surface area contributed by atoms with Crippen LogP contribution in [-0.4, -0.2) is 69.0 Å². The summed E-state index contributed by atoms with van der Waals surface area (Å²) in [6, 6.07) is 10.7. The number of thiophene rings is 1. The first-order valence-electron chi connectivity index (χ1n) is 11.7. The van der Waals surface area contributed by atoms with E-state index >= 15 is 0 Å². The van der Waals surface area contributed by atoms with Crippen LogP contribution in [0.4, 0.5) is 0 Å². The fourth-order valence-electron chi connectivity index (χ4n) is 4.10. The predicted octanol–water partition coefficient (Wildman–Crippen LogP) is 2.96. The summed E-state index contributed by atoms with van der Waals surface area (Å²) in [6.07, 6.45) is 2.08. The van der Waals surface area contributed by atoms with Crippen LogP contribution < -0.4 is 10.0 Å². The Kier molecular flexibility index (Phi) is 8.93. The molecule has 9 nitrogen and oxygen atoms in total. The van der Waals surface area contributed by atoms with Crippen molar-refractivity contribution in [2.75, 3.05) is 32.8 Å². The van der Waals surface area contributed by atoms with Gasteiger partial charge >= 0.3 is 0 Å².